The van der Waals surface area contributed by atoms with Crippen molar-refractivity contribution in [3.63, 3.8) is 0 Å². The van der Waals surface area contributed by atoms with E-state index in [-0.39, 0.29) is 0 Å². The van der Waals surface area contributed by atoms with Gasteiger partial charge in [0.1, 0.15) is 5.60 Å². The van der Waals surface area contributed by atoms with Gasteiger partial charge in [0.15, 0.2) is 0 Å². The molecule has 0 aliphatic carbocycles. The molecule has 2 rings (SSSR count). The fourth-order valence-electron chi connectivity index (χ4n) is 2.18. The molecule has 1 aliphatic heterocycles. The lowest BCUT2D eigenvalue weighted by Crippen LogP contribution is -2.36. The van der Waals surface area contributed by atoms with E-state index in [1.165, 1.54) is 0 Å². The summed E-state index contributed by atoms with van der Waals surface area (Å²) in [4.78, 5) is 0. The Kier molecular flexibility index (Phi) is 2.57. The zero-order valence-electron chi connectivity index (χ0n) is 8.44. The van der Waals surface area contributed by atoms with E-state index in [0.717, 1.165) is 25.0 Å². The highest BCUT2D eigenvalue weighted by molar-refractivity contribution is 5.24. The maximum Gasteiger partial charge on any atom is 0.119 e. The van der Waals surface area contributed by atoms with Crippen molar-refractivity contribution in [1.29, 1.82) is 0 Å². The number of ether oxygens (including phenoxy) is 1. The first-order chi connectivity index (χ1) is 6.76. The van der Waals surface area contributed by atoms with Gasteiger partial charge in [-0.25, -0.2) is 0 Å². The Morgan fingerprint density at radius 2 is 2.07 bits per heavy atom. The van der Waals surface area contributed by atoms with Gasteiger partial charge in [-0.15, -0.1) is 0 Å². The van der Waals surface area contributed by atoms with Crippen LogP contribution < -0.4 is 0 Å². The molecule has 1 N–H and O–H groups in total. The first kappa shape index (κ1) is 9.69. The molecule has 2 atom stereocenters. The third-order valence-electron chi connectivity index (χ3n) is 2.99. The van der Waals surface area contributed by atoms with Crippen LogP contribution in [0.25, 0.3) is 0 Å². The van der Waals surface area contributed by atoms with E-state index < -0.39 is 11.7 Å². The predicted octanol–water partition coefficient (Wildman–Crippen LogP) is 2.07. The lowest BCUT2D eigenvalue weighted by Gasteiger charge is -2.31. The van der Waals surface area contributed by atoms with E-state index in [9.17, 15) is 5.11 Å². The Hall–Kier alpha value is -0.860. The molecule has 1 aliphatic rings. The average Bonchev–Trinajstić information content (AvgIpc) is 2.69. The molecule has 76 valence electrons. The standard InChI is InChI=1S/C12H16O2/c1-10(13)12(8-5-9-14-12)11-6-3-2-4-7-11/h2-4,6-7,10,13H,5,8-9H2,1H3/t10?,12-/m0/s1. The van der Waals surface area contributed by atoms with E-state index >= 15 is 0 Å². The van der Waals surface area contributed by atoms with Gasteiger partial charge >= 0.3 is 0 Å². The van der Waals surface area contributed by atoms with E-state index in [1.807, 2.05) is 30.3 Å². The SMILES string of the molecule is CC(O)[C@]1(c2ccccc2)CCCO1. The van der Waals surface area contributed by atoms with Gasteiger partial charge in [-0.05, 0) is 25.3 Å². The summed E-state index contributed by atoms with van der Waals surface area (Å²) in [6.45, 7) is 2.55. The number of aliphatic hydroxyl groups is 1. The Labute approximate surface area is 84.5 Å². The van der Waals surface area contributed by atoms with Crippen molar-refractivity contribution in [2.45, 2.75) is 31.5 Å². The minimum Gasteiger partial charge on any atom is -0.390 e. The molecule has 2 nitrogen and oxygen atoms in total. The fraction of sp³-hybridized carbons (Fsp3) is 0.500. The van der Waals surface area contributed by atoms with Crippen molar-refractivity contribution < 1.29 is 9.84 Å². The van der Waals surface area contributed by atoms with Crippen molar-refractivity contribution in [2.75, 3.05) is 6.61 Å². The van der Waals surface area contributed by atoms with Crippen LogP contribution in [0.2, 0.25) is 0 Å². The smallest absolute Gasteiger partial charge is 0.119 e. The molecule has 2 heteroatoms. The van der Waals surface area contributed by atoms with Gasteiger partial charge in [-0.1, -0.05) is 30.3 Å². The van der Waals surface area contributed by atoms with Crippen LogP contribution in [0, 0.1) is 0 Å². The van der Waals surface area contributed by atoms with Gasteiger partial charge in [-0.2, -0.15) is 0 Å². The largest absolute Gasteiger partial charge is 0.390 e. The molecule has 1 saturated heterocycles. The van der Waals surface area contributed by atoms with Crippen LogP contribution in [-0.2, 0) is 10.3 Å². The quantitative estimate of drug-likeness (QED) is 0.777. The number of hydrogen-bond acceptors (Lipinski definition) is 2. The highest BCUT2D eigenvalue weighted by Crippen LogP contribution is 2.38. The molecule has 1 aromatic carbocycles. The van der Waals surface area contributed by atoms with Gasteiger partial charge in [0.2, 0.25) is 0 Å². The number of rotatable bonds is 2. The van der Waals surface area contributed by atoms with E-state index in [1.54, 1.807) is 6.92 Å². The maximum absolute atomic E-state index is 9.83. The third kappa shape index (κ3) is 1.45. The molecule has 0 radical (unpaired) electrons. The molecular formula is C12H16O2. The molecule has 0 amide bonds. The summed E-state index contributed by atoms with van der Waals surface area (Å²) in [7, 11) is 0. The van der Waals surface area contributed by atoms with Crippen molar-refractivity contribution in [1.82, 2.24) is 0 Å². The molecule has 14 heavy (non-hydrogen) atoms. The summed E-state index contributed by atoms with van der Waals surface area (Å²) in [6, 6.07) is 10.0. The van der Waals surface area contributed by atoms with Gasteiger partial charge in [-0.3, -0.25) is 0 Å². The molecule has 1 fully saturated rings. The van der Waals surface area contributed by atoms with E-state index in [4.69, 9.17) is 4.74 Å². The van der Waals surface area contributed by atoms with Gasteiger partial charge in [0.05, 0.1) is 6.10 Å². The second-order valence-electron chi connectivity index (χ2n) is 3.88. The second kappa shape index (κ2) is 3.71. The summed E-state index contributed by atoms with van der Waals surface area (Å²) in [5.41, 5.74) is 0.633. The van der Waals surface area contributed by atoms with Crippen LogP contribution in [0.1, 0.15) is 25.3 Å². The summed E-state index contributed by atoms with van der Waals surface area (Å²) in [5, 5.41) is 9.83. The zero-order valence-corrected chi connectivity index (χ0v) is 8.44. The van der Waals surface area contributed by atoms with Crippen molar-refractivity contribution in [3.05, 3.63) is 35.9 Å². The second-order valence-corrected chi connectivity index (χ2v) is 3.88. The van der Waals surface area contributed by atoms with E-state index in [2.05, 4.69) is 0 Å². The molecule has 0 spiro atoms. The Balaban J connectivity index is 2.36. The summed E-state index contributed by atoms with van der Waals surface area (Å²) in [5.74, 6) is 0. The number of hydrogen-bond donors (Lipinski definition) is 1. The fourth-order valence-corrected chi connectivity index (χ4v) is 2.18. The highest BCUT2D eigenvalue weighted by atomic mass is 16.5. The Bertz CT molecular complexity index is 286. The molecule has 0 saturated carbocycles. The van der Waals surface area contributed by atoms with E-state index in [0.29, 0.717) is 0 Å². The lowest BCUT2D eigenvalue weighted by molar-refractivity contribution is -0.0879. The molecular weight excluding hydrogens is 176 g/mol. The van der Waals surface area contributed by atoms with Crippen molar-refractivity contribution >= 4 is 0 Å². The first-order valence-electron chi connectivity index (χ1n) is 5.13. The normalized spacial score (nSPS) is 29.0. The van der Waals surface area contributed by atoms with Crippen molar-refractivity contribution in [2.24, 2.45) is 0 Å². The molecule has 1 heterocycles. The summed E-state index contributed by atoms with van der Waals surface area (Å²) in [6.07, 6.45) is 1.49. The third-order valence-corrected chi connectivity index (χ3v) is 2.99. The monoisotopic (exact) mass is 192 g/mol. The Morgan fingerprint density at radius 1 is 1.36 bits per heavy atom. The molecule has 0 bridgehead atoms. The maximum atomic E-state index is 9.83. The van der Waals surface area contributed by atoms with Crippen LogP contribution in [0.4, 0.5) is 0 Å². The van der Waals surface area contributed by atoms with Gasteiger partial charge < -0.3 is 9.84 Å². The zero-order chi connectivity index (χ0) is 10.0. The predicted molar refractivity (Wildman–Crippen MR) is 55.0 cm³/mol. The van der Waals surface area contributed by atoms with Crippen LogP contribution >= 0.6 is 0 Å². The van der Waals surface area contributed by atoms with Gasteiger partial charge in [0, 0.05) is 6.61 Å². The topological polar surface area (TPSA) is 29.5 Å². The molecule has 1 unspecified atom stereocenters. The molecule has 1 aromatic rings. The van der Waals surface area contributed by atoms with Gasteiger partial charge in [0.25, 0.3) is 0 Å². The minimum absolute atomic E-state index is 0.451. The lowest BCUT2D eigenvalue weighted by atomic mass is 9.86. The molecule has 0 aromatic heterocycles. The Morgan fingerprint density at radius 3 is 2.57 bits per heavy atom. The first-order valence-corrected chi connectivity index (χ1v) is 5.13. The summed E-state index contributed by atoms with van der Waals surface area (Å²) >= 11 is 0. The van der Waals surface area contributed by atoms with Crippen LogP contribution in [0.15, 0.2) is 30.3 Å². The van der Waals surface area contributed by atoms with Crippen LogP contribution in [0.5, 0.6) is 0 Å². The van der Waals surface area contributed by atoms with Crippen LogP contribution in [-0.4, -0.2) is 17.8 Å². The van der Waals surface area contributed by atoms with Crippen LogP contribution in [0.3, 0.4) is 0 Å². The number of aliphatic hydroxyl groups excluding tert-OH is 1. The van der Waals surface area contributed by atoms with Crippen molar-refractivity contribution in [3.8, 4) is 0 Å². The highest BCUT2D eigenvalue weighted by Gasteiger charge is 2.41. The average molecular weight is 192 g/mol. The minimum atomic E-state index is -0.457. The number of benzene rings is 1. The summed E-state index contributed by atoms with van der Waals surface area (Å²) < 4.78 is 5.74.